The van der Waals surface area contributed by atoms with E-state index in [1.807, 2.05) is 36.1 Å². The van der Waals surface area contributed by atoms with Crippen molar-refractivity contribution in [2.24, 2.45) is 5.92 Å². The van der Waals surface area contributed by atoms with Crippen molar-refractivity contribution in [2.75, 3.05) is 30.4 Å². The highest BCUT2D eigenvalue weighted by molar-refractivity contribution is 5.94. The molecule has 8 nitrogen and oxygen atoms in total. The lowest BCUT2D eigenvalue weighted by molar-refractivity contribution is -0.120. The van der Waals surface area contributed by atoms with E-state index in [-0.39, 0.29) is 11.8 Å². The largest absolute Gasteiger partial charge is 0.465 e. The van der Waals surface area contributed by atoms with Crippen molar-refractivity contribution < 1.29 is 19.1 Å². The zero-order valence-electron chi connectivity index (χ0n) is 18.7. The van der Waals surface area contributed by atoms with Crippen LogP contribution < -0.4 is 15.0 Å². The van der Waals surface area contributed by atoms with Crippen molar-refractivity contribution in [3.63, 3.8) is 0 Å². The second-order valence-electron chi connectivity index (χ2n) is 7.94. The number of anilines is 2. The number of methoxy groups -OCH3 is 1. The van der Waals surface area contributed by atoms with E-state index in [0.29, 0.717) is 35.2 Å². The molecule has 2 heterocycles. The van der Waals surface area contributed by atoms with Gasteiger partial charge in [0.05, 0.1) is 18.6 Å². The van der Waals surface area contributed by atoms with Crippen LogP contribution in [0, 0.1) is 12.8 Å². The van der Waals surface area contributed by atoms with Gasteiger partial charge in [0.25, 0.3) is 5.88 Å². The van der Waals surface area contributed by atoms with E-state index in [1.54, 1.807) is 36.7 Å². The van der Waals surface area contributed by atoms with Gasteiger partial charge < -0.3 is 19.7 Å². The molecule has 170 valence electrons. The maximum atomic E-state index is 12.9. The van der Waals surface area contributed by atoms with Crippen LogP contribution in [0.1, 0.15) is 28.8 Å². The van der Waals surface area contributed by atoms with Crippen LogP contribution in [0.5, 0.6) is 11.6 Å². The molecule has 1 N–H and O–H groups in total. The summed E-state index contributed by atoms with van der Waals surface area (Å²) in [4.78, 5) is 35.4. The normalized spacial score (nSPS) is 15.6. The summed E-state index contributed by atoms with van der Waals surface area (Å²) in [5, 5.41) is 2.94. The van der Waals surface area contributed by atoms with E-state index in [4.69, 9.17) is 9.47 Å². The van der Waals surface area contributed by atoms with Gasteiger partial charge in [0.2, 0.25) is 5.91 Å². The fourth-order valence-corrected chi connectivity index (χ4v) is 3.76. The van der Waals surface area contributed by atoms with Crippen molar-refractivity contribution in [1.82, 2.24) is 9.97 Å². The number of carbonyl (C=O) groups excluding carboxylic acids is 2. The number of aromatic nitrogens is 2. The Bertz CT molecular complexity index is 1120. The predicted octanol–water partition coefficient (Wildman–Crippen LogP) is 4.22. The Morgan fingerprint density at radius 2 is 1.76 bits per heavy atom. The summed E-state index contributed by atoms with van der Waals surface area (Å²) in [6.45, 7) is 3.29. The summed E-state index contributed by atoms with van der Waals surface area (Å²) in [5.41, 5.74) is 2.21. The molecule has 0 radical (unpaired) electrons. The maximum Gasteiger partial charge on any atom is 0.337 e. The fourth-order valence-electron chi connectivity index (χ4n) is 3.76. The van der Waals surface area contributed by atoms with Gasteiger partial charge in [0.15, 0.2) is 5.82 Å². The highest BCUT2D eigenvalue weighted by atomic mass is 16.5. The first-order valence-electron chi connectivity index (χ1n) is 10.8. The van der Waals surface area contributed by atoms with E-state index in [1.165, 1.54) is 7.11 Å². The smallest absolute Gasteiger partial charge is 0.337 e. The molecular weight excluding hydrogens is 420 g/mol. The average Bonchev–Trinajstić information content (AvgIpc) is 2.86. The Hall–Kier alpha value is -3.94. The first kappa shape index (κ1) is 22.3. The number of hydrogen-bond acceptors (Lipinski definition) is 7. The number of benzene rings is 2. The summed E-state index contributed by atoms with van der Waals surface area (Å²) in [6, 6.07) is 14.4. The first-order valence-corrected chi connectivity index (χ1v) is 10.8. The van der Waals surface area contributed by atoms with Gasteiger partial charge in [-0.05, 0) is 56.2 Å². The molecule has 1 aromatic heterocycles. The average molecular weight is 447 g/mol. The molecule has 1 aliphatic rings. The van der Waals surface area contributed by atoms with Gasteiger partial charge in [-0.1, -0.05) is 17.7 Å². The lowest BCUT2D eigenvalue weighted by Gasteiger charge is -2.33. The van der Waals surface area contributed by atoms with Crippen LogP contribution in [0.4, 0.5) is 11.5 Å². The fraction of sp³-hybridized carbons (Fsp3) is 0.280. The molecule has 8 heteroatoms. The summed E-state index contributed by atoms with van der Waals surface area (Å²) in [5.74, 6) is 1.02. The molecule has 0 aliphatic carbocycles. The van der Waals surface area contributed by atoms with E-state index in [0.717, 1.165) is 24.9 Å². The van der Waals surface area contributed by atoms with Crippen molar-refractivity contribution in [2.45, 2.75) is 19.8 Å². The number of nitrogens with zero attached hydrogens (tertiary/aromatic N) is 3. The van der Waals surface area contributed by atoms with Gasteiger partial charge in [-0.2, -0.15) is 0 Å². The quantitative estimate of drug-likeness (QED) is 0.567. The predicted molar refractivity (Wildman–Crippen MR) is 125 cm³/mol. The van der Waals surface area contributed by atoms with Crippen LogP contribution in [-0.2, 0) is 9.53 Å². The number of nitrogens with one attached hydrogen (secondary N) is 1. The zero-order valence-corrected chi connectivity index (χ0v) is 18.7. The number of rotatable bonds is 6. The minimum absolute atomic E-state index is 0.0737. The van der Waals surface area contributed by atoms with E-state index < -0.39 is 5.97 Å². The molecule has 0 saturated carbocycles. The van der Waals surface area contributed by atoms with Crippen molar-refractivity contribution >= 4 is 23.4 Å². The van der Waals surface area contributed by atoms with Crippen LogP contribution in [0.2, 0.25) is 0 Å². The number of carbonyl (C=O) groups is 2. The SMILES string of the molecule is COC(=O)c1ccc(NC(=O)C2CCCN(c3nccnc3Oc3ccc(C)cc3)C2)cc1. The van der Waals surface area contributed by atoms with Gasteiger partial charge in [-0.15, -0.1) is 0 Å². The molecule has 4 rings (SSSR count). The number of ether oxygens (including phenoxy) is 2. The number of hydrogen-bond donors (Lipinski definition) is 1. The van der Waals surface area contributed by atoms with Crippen LogP contribution >= 0.6 is 0 Å². The van der Waals surface area contributed by atoms with Crippen molar-refractivity contribution in [3.05, 3.63) is 72.1 Å². The van der Waals surface area contributed by atoms with E-state index in [2.05, 4.69) is 15.3 Å². The third-order valence-electron chi connectivity index (χ3n) is 5.55. The second kappa shape index (κ2) is 10.1. The monoisotopic (exact) mass is 446 g/mol. The lowest BCUT2D eigenvalue weighted by atomic mass is 9.97. The van der Waals surface area contributed by atoms with Gasteiger partial charge in [-0.3, -0.25) is 4.79 Å². The Balaban J connectivity index is 1.43. The summed E-state index contributed by atoms with van der Waals surface area (Å²) in [6.07, 6.45) is 4.85. The Labute approximate surface area is 192 Å². The molecule has 1 fully saturated rings. The molecule has 1 atom stereocenters. The van der Waals surface area contributed by atoms with Gasteiger partial charge in [-0.25, -0.2) is 14.8 Å². The van der Waals surface area contributed by atoms with Crippen LogP contribution in [0.3, 0.4) is 0 Å². The topological polar surface area (TPSA) is 93.7 Å². The van der Waals surface area contributed by atoms with Gasteiger partial charge in [0, 0.05) is 31.2 Å². The van der Waals surface area contributed by atoms with Crippen LogP contribution in [0.25, 0.3) is 0 Å². The zero-order chi connectivity index (χ0) is 23.2. The van der Waals surface area contributed by atoms with Crippen molar-refractivity contribution in [1.29, 1.82) is 0 Å². The molecule has 2 aromatic carbocycles. The summed E-state index contributed by atoms with van der Waals surface area (Å²) in [7, 11) is 1.33. The first-order chi connectivity index (χ1) is 16.0. The lowest BCUT2D eigenvalue weighted by Crippen LogP contribution is -2.41. The maximum absolute atomic E-state index is 12.9. The molecule has 0 bridgehead atoms. The highest BCUT2D eigenvalue weighted by Gasteiger charge is 2.28. The Morgan fingerprint density at radius 3 is 2.48 bits per heavy atom. The van der Waals surface area contributed by atoms with E-state index in [9.17, 15) is 9.59 Å². The molecule has 33 heavy (non-hydrogen) atoms. The number of aryl methyl sites for hydroxylation is 1. The summed E-state index contributed by atoms with van der Waals surface area (Å²) >= 11 is 0. The molecule has 0 spiro atoms. The molecule has 1 saturated heterocycles. The van der Waals surface area contributed by atoms with Crippen molar-refractivity contribution in [3.8, 4) is 11.6 Å². The van der Waals surface area contributed by atoms with Gasteiger partial charge >= 0.3 is 5.97 Å². The number of esters is 1. The second-order valence-corrected chi connectivity index (χ2v) is 7.94. The number of amides is 1. The minimum Gasteiger partial charge on any atom is -0.465 e. The molecule has 3 aromatic rings. The van der Waals surface area contributed by atoms with E-state index >= 15 is 0 Å². The Kier molecular flexibility index (Phi) is 6.83. The molecular formula is C25H26N4O4. The Morgan fingerprint density at radius 1 is 1.03 bits per heavy atom. The minimum atomic E-state index is -0.413. The highest BCUT2D eigenvalue weighted by Crippen LogP contribution is 2.31. The molecule has 1 amide bonds. The standard InChI is InChI=1S/C25H26N4O4/c1-17-5-11-21(12-6-17)33-24-22(26-13-14-27-24)29-15-3-4-19(16-29)23(30)28-20-9-7-18(8-10-20)25(31)32-2/h5-14,19H,3-4,15-16H2,1-2H3,(H,28,30). The third kappa shape index (κ3) is 5.46. The molecule has 1 aliphatic heterocycles. The molecule has 1 unspecified atom stereocenters. The summed E-state index contributed by atoms with van der Waals surface area (Å²) < 4.78 is 10.7. The van der Waals surface area contributed by atoms with Crippen LogP contribution in [-0.4, -0.2) is 42.0 Å². The van der Waals surface area contributed by atoms with Crippen LogP contribution in [0.15, 0.2) is 60.9 Å². The third-order valence-corrected chi connectivity index (χ3v) is 5.55. The number of piperidine rings is 1. The van der Waals surface area contributed by atoms with Gasteiger partial charge in [0.1, 0.15) is 5.75 Å².